The van der Waals surface area contributed by atoms with Crippen LogP contribution in [0.15, 0.2) is 6.07 Å². The van der Waals surface area contributed by atoms with E-state index in [9.17, 15) is 4.79 Å². The molecule has 0 aliphatic carbocycles. The summed E-state index contributed by atoms with van der Waals surface area (Å²) in [4.78, 5) is 12.1. The highest BCUT2D eigenvalue weighted by Crippen LogP contribution is 2.12. The molecule has 4 nitrogen and oxygen atoms in total. The van der Waals surface area contributed by atoms with Crippen LogP contribution in [0.4, 0.5) is 0 Å². The number of nitrogens with one attached hydrogen (secondary N) is 1. The Labute approximate surface area is 109 Å². The molecule has 1 N–H and O–H groups in total. The summed E-state index contributed by atoms with van der Waals surface area (Å²) in [7, 11) is 0. The molecule has 0 bridgehead atoms. The molecule has 1 saturated heterocycles. The molecule has 0 aromatic carbocycles. The second-order valence-electron chi connectivity index (χ2n) is 5.01. The molecule has 1 atom stereocenters. The molecular formula is C14H23N3O. The first-order valence-corrected chi connectivity index (χ1v) is 7.03. The summed E-state index contributed by atoms with van der Waals surface area (Å²) in [5.74, 6) is 0.326. The molecule has 1 aromatic heterocycles. The van der Waals surface area contributed by atoms with Crippen molar-refractivity contribution in [3.05, 3.63) is 17.5 Å². The molecule has 1 aliphatic rings. The van der Waals surface area contributed by atoms with Crippen molar-refractivity contribution >= 4 is 5.78 Å². The number of carbonyl (C=O) groups is 1. The summed E-state index contributed by atoms with van der Waals surface area (Å²) >= 11 is 0. The van der Waals surface area contributed by atoms with Crippen LogP contribution >= 0.6 is 0 Å². The van der Waals surface area contributed by atoms with Crippen LogP contribution in [0.25, 0.3) is 0 Å². The van der Waals surface area contributed by atoms with E-state index in [1.807, 2.05) is 4.68 Å². The molecule has 0 saturated carbocycles. The van der Waals surface area contributed by atoms with Crippen LogP contribution in [0, 0.1) is 0 Å². The van der Waals surface area contributed by atoms with Gasteiger partial charge in [-0.25, -0.2) is 0 Å². The summed E-state index contributed by atoms with van der Waals surface area (Å²) in [5, 5.41) is 7.86. The molecule has 18 heavy (non-hydrogen) atoms. The number of Topliss-reactive ketones (excluding diaryl/α,β-unsaturated/α-hetero) is 1. The number of rotatable bonds is 6. The van der Waals surface area contributed by atoms with E-state index in [0.717, 1.165) is 37.3 Å². The van der Waals surface area contributed by atoms with Crippen molar-refractivity contribution in [2.24, 2.45) is 0 Å². The van der Waals surface area contributed by atoms with Gasteiger partial charge in [-0.1, -0.05) is 6.92 Å². The number of ketones is 1. The van der Waals surface area contributed by atoms with Gasteiger partial charge in [0.2, 0.25) is 0 Å². The van der Waals surface area contributed by atoms with Gasteiger partial charge in [-0.05, 0) is 38.8 Å². The summed E-state index contributed by atoms with van der Waals surface area (Å²) in [6, 6.07) is 2.48. The van der Waals surface area contributed by atoms with Gasteiger partial charge in [0.25, 0.3) is 0 Å². The van der Waals surface area contributed by atoms with Crippen LogP contribution in [0.3, 0.4) is 0 Å². The Morgan fingerprint density at radius 3 is 3.00 bits per heavy atom. The Balaban J connectivity index is 1.94. The fourth-order valence-corrected chi connectivity index (χ4v) is 2.58. The van der Waals surface area contributed by atoms with Gasteiger partial charge in [-0.15, -0.1) is 0 Å². The van der Waals surface area contributed by atoms with Crippen molar-refractivity contribution < 1.29 is 4.79 Å². The highest BCUT2D eigenvalue weighted by Gasteiger charge is 2.19. The predicted octanol–water partition coefficient (Wildman–Crippen LogP) is 1.72. The van der Waals surface area contributed by atoms with Gasteiger partial charge in [-0.3, -0.25) is 9.48 Å². The normalized spacial score (nSPS) is 19.3. The Hall–Kier alpha value is -1.16. The van der Waals surface area contributed by atoms with Crippen molar-refractivity contribution in [2.45, 2.75) is 58.5 Å². The van der Waals surface area contributed by atoms with Crippen molar-refractivity contribution in [1.29, 1.82) is 0 Å². The van der Waals surface area contributed by atoms with Crippen molar-refractivity contribution in [3.8, 4) is 0 Å². The number of aryl methyl sites for hydroxylation is 2. The number of carbonyl (C=O) groups excluding carboxylic acids is 1. The van der Waals surface area contributed by atoms with E-state index in [1.165, 1.54) is 6.42 Å². The lowest BCUT2D eigenvalue weighted by molar-refractivity contribution is -0.118. The smallest absolute Gasteiger partial charge is 0.140 e. The zero-order chi connectivity index (χ0) is 13.0. The van der Waals surface area contributed by atoms with Gasteiger partial charge in [0.15, 0.2) is 0 Å². The predicted molar refractivity (Wildman–Crippen MR) is 71.6 cm³/mol. The van der Waals surface area contributed by atoms with Crippen LogP contribution in [0.1, 0.15) is 44.5 Å². The minimum Gasteiger partial charge on any atom is -0.314 e. The van der Waals surface area contributed by atoms with Gasteiger partial charge in [0, 0.05) is 31.1 Å². The second-order valence-corrected chi connectivity index (χ2v) is 5.01. The molecule has 2 heterocycles. The van der Waals surface area contributed by atoms with E-state index in [-0.39, 0.29) is 0 Å². The lowest BCUT2D eigenvalue weighted by Gasteiger charge is -2.09. The Morgan fingerprint density at radius 1 is 1.56 bits per heavy atom. The van der Waals surface area contributed by atoms with Crippen molar-refractivity contribution in [3.63, 3.8) is 0 Å². The maximum absolute atomic E-state index is 12.1. The highest BCUT2D eigenvalue weighted by atomic mass is 16.1. The first kappa shape index (κ1) is 13.3. The molecule has 1 fully saturated rings. The lowest BCUT2D eigenvalue weighted by Crippen LogP contribution is -2.25. The van der Waals surface area contributed by atoms with E-state index < -0.39 is 0 Å². The summed E-state index contributed by atoms with van der Waals surface area (Å²) in [6.45, 7) is 6.06. The van der Waals surface area contributed by atoms with Gasteiger partial charge < -0.3 is 5.32 Å². The molecule has 1 unspecified atom stereocenters. The van der Waals surface area contributed by atoms with Gasteiger partial charge in [0.1, 0.15) is 5.78 Å². The maximum Gasteiger partial charge on any atom is 0.140 e. The summed E-state index contributed by atoms with van der Waals surface area (Å²) in [6.07, 6.45) is 4.46. The Kier molecular flexibility index (Phi) is 4.53. The third-order valence-electron chi connectivity index (χ3n) is 3.59. The fraction of sp³-hybridized carbons (Fsp3) is 0.714. The zero-order valence-corrected chi connectivity index (χ0v) is 11.4. The lowest BCUT2D eigenvalue weighted by atomic mass is 10.1. The van der Waals surface area contributed by atoms with E-state index in [0.29, 0.717) is 24.7 Å². The van der Waals surface area contributed by atoms with Crippen LogP contribution in [0.2, 0.25) is 0 Å². The van der Waals surface area contributed by atoms with Crippen LogP contribution in [-0.2, 0) is 24.2 Å². The Morgan fingerprint density at radius 2 is 2.39 bits per heavy atom. The quantitative estimate of drug-likeness (QED) is 0.835. The summed E-state index contributed by atoms with van der Waals surface area (Å²) in [5.41, 5.74) is 2.15. The zero-order valence-electron chi connectivity index (χ0n) is 11.4. The van der Waals surface area contributed by atoms with Gasteiger partial charge in [-0.2, -0.15) is 5.10 Å². The monoisotopic (exact) mass is 249 g/mol. The van der Waals surface area contributed by atoms with Gasteiger partial charge in [0.05, 0.1) is 5.69 Å². The largest absolute Gasteiger partial charge is 0.314 e. The second kappa shape index (κ2) is 6.14. The molecule has 1 aromatic rings. The van der Waals surface area contributed by atoms with E-state index in [2.05, 4.69) is 30.3 Å². The van der Waals surface area contributed by atoms with Crippen molar-refractivity contribution in [1.82, 2.24) is 15.1 Å². The highest BCUT2D eigenvalue weighted by molar-refractivity contribution is 5.81. The maximum atomic E-state index is 12.1. The third-order valence-corrected chi connectivity index (χ3v) is 3.59. The molecule has 1 aliphatic heterocycles. The number of hydrogen-bond acceptors (Lipinski definition) is 3. The number of nitrogens with zero attached hydrogens (tertiary/aromatic N) is 2. The number of aromatic nitrogens is 2. The average Bonchev–Trinajstić information content (AvgIpc) is 2.98. The van der Waals surface area contributed by atoms with Crippen LogP contribution in [0.5, 0.6) is 0 Å². The molecule has 4 heteroatoms. The van der Waals surface area contributed by atoms with Crippen molar-refractivity contribution in [2.75, 3.05) is 6.54 Å². The molecule has 0 amide bonds. The van der Waals surface area contributed by atoms with E-state index >= 15 is 0 Å². The third kappa shape index (κ3) is 3.19. The topological polar surface area (TPSA) is 46.9 Å². The van der Waals surface area contributed by atoms with Gasteiger partial charge >= 0.3 is 0 Å². The average molecular weight is 249 g/mol. The van der Waals surface area contributed by atoms with Crippen LogP contribution < -0.4 is 5.32 Å². The molecule has 0 spiro atoms. The Bertz CT molecular complexity index is 405. The molecular weight excluding hydrogens is 226 g/mol. The molecule has 0 radical (unpaired) electrons. The first-order chi connectivity index (χ1) is 8.72. The minimum absolute atomic E-state index is 0.326. The van der Waals surface area contributed by atoms with E-state index in [1.54, 1.807) is 0 Å². The minimum atomic E-state index is 0.326. The van der Waals surface area contributed by atoms with Crippen LogP contribution in [-0.4, -0.2) is 28.2 Å². The molecule has 2 rings (SSSR count). The standard InChI is InChI=1S/C14H23N3O/c1-3-11-8-13(17(4-2)16-11)10-14(18)9-12-6-5-7-15-12/h8,12,15H,3-7,9-10H2,1-2H3. The first-order valence-electron chi connectivity index (χ1n) is 7.03. The number of hydrogen-bond donors (Lipinski definition) is 1. The van der Waals surface area contributed by atoms with E-state index in [4.69, 9.17) is 0 Å². The SMILES string of the molecule is CCc1cc(CC(=O)CC2CCCN2)n(CC)n1. The summed E-state index contributed by atoms with van der Waals surface area (Å²) < 4.78 is 1.96. The fourth-order valence-electron chi connectivity index (χ4n) is 2.58. The molecule has 100 valence electrons.